The molecule has 26 heavy (non-hydrogen) atoms. The Bertz CT molecular complexity index is 851. The van der Waals surface area contributed by atoms with E-state index in [0.717, 1.165) is 5.56 Å². The number of carbonyl (C=O) groups is 2. The first kappa shape index (κ1) is 18.0. The molecule has 0 fully saturated rings. The van der Waals surface area contributed by atoms with Gasteiger partial charge >= 0.3 is 0 Å². The average Bonchev–Trinajstić information content (AvgIpc) is 3.06. The van der Waals surface area contributed by atoms with Crippen molar-refractivity contribution in [2.45, 2.75) is 25.6 Å². The first-order valence-electron chi connectivity index (χ1n) is 8.18. The molecule has 1 aromatic heterocycles. The molecule has 0 radical (unpaired) electrons. The van der Waals surface area contributed by atoms with E-state index in [1.165, 1.54) is 18.2 Å². The number of aliphatic hydroxyl groups is 2. The second-order valence-electron chi connectivity index (χ2n) is 6.05. The Morgan fingerprint density at radius 1 is 1.19 bits per heavy atom. The minimum Gasteiger partial charge on any atom is -0.457 e. The van der Waals surface area contributed by atoms with Crippen molar-refractivity contribution in [1.29, 1.82) is 0 Å². The zero-order valence-electron chi connectivity index (χ0n) is 13.9. The summed E-state index contributed by atoms with van der Waals surface area (Å²) in [5.41, 5.74) is 1.12. The lowest BCUT2D eigenvalue weighted by molar-refractivity contribution is -0.119. The molecule has 1 aliphatic rings. The van der Waals surface area contributed by atoms with Crippen LogP contribution in [0.25, 0.3) is 0 Å². The highest BCUT2D eigenvalue weighted by Crippen LogP contribution is 2.24. The van der Waals surface area contributed by atoms with Crippen molar-refractivity contribution in [3.05, 3.63) is 70.4 Å². The van der Waals surface area contributed by atoms with E-state index in [9.17, 15) is 14.0 Å². The predicted octanol–water partition coefficient (Wildman–Crippen LogP) is 1.71. The molecule has 3 rings (SSSR count). The Morgan fingerprint density at radius 2 is 1.92 bits per heavy atom. The molecule has 0 saturated carbocycles. The van der Waals surface area contributed by atoms with Crippen LogP contribution in [0, 0.1) is 5.82 Å². The Balaban J connectivity index is 1.82. The van der Waals surface area contributed by atoms with Crippen molar-refractivity contribution < 1.29 is 28.6 Å². The molecule has 7 heteroatoms. The van der Waals surface area contributed by atoms with Crippen LogP contribution < -0.4 is 5.32 Å². The van der Waals surface area contributed by atoms with Gasteiger partial charge in [0.2, 0.25) is 11.7 Å². The standard InChI is InChI=1S/C19H18FNO5/c20-12-3-1-11(2-4-12)9-13-5-6-16(26-13)18(24)14-7-8-21-19(25)15(14)10-17(22)23/h1-6,17,22-23H,7-10H2,(H,21,25). The van der Waals surface area contributed by atoms with E-state index in [2.05, 4.69) is 5.32 Å². The van der Waals surface area contributed by atoms with Crippen molar-refractivity contribution in [1.82, 2.24) is 5.32 Å². The molecule has 136 valence electrons. The number of halogens is 1. The maximum Gasteiger partial charge on any atom is 0.247 e. The van der Waals surface area contributed by atoms with Crippen LogP contribution in [0.15, 0.2) is 52.0 Å². The maximum atomic E-state index is 13.0. The Labute approximate surface area is 148 Å². The van der Waals surface area contributed by atoms with Gasteiger partial charge in [-0.3, -0.25) is 9.59 Å². The van der Waals surface area contributed by atoms with Crippen LogP contribution >= 0.6 is 0 Å². The number of Topliss-reactive ketones (excluding diaryl/α,β-unsaturated/α-hetero) is 1. The summed E-state index contributed by atoms with van der Waals surface area (Å²) in [6.45, 7) is 0.300. The second kappa shape index (κ2) is 7.63. The largest absolute Gasteiger partial charge is 0.457 e. The highest BCUT2D eigenvalue weighted by Gasteiger charge is 2.28. The van der Waals surface area contributed by atoms with Crippen LogP contribution in [0.4, 0.5) is 4.39 Å². The smallest absolute Gasteiger partial charge is 0.247 e. The van der Waals surface area contributed by atoms with Crippen LogP contribution in [0.1, 0.15) is 34.7 Å². The van der Waals surface area contributed by atoms with Gasteiger partial charge in [-0.25, -0.2) is 4.39 Å². The van der Waals surface area contributed by atoms with E-state index in [1.54, 1.807) is 18.2 Å². The lowest BCUT2D eigenvalue weighted by Crippen LogP contribution is -2.35. The van der Waals surface area contributed by atoms with Gasteiger partial charge in [0.25, 0.3) is 0 Å². The average molecular weight is 359 g/mol. The zero-order chi connectivity index (χ0) is 18.7. The van der Waals surface area contributed by atoms with Gasteiger partial charge in [-0.05, 0) is 36.2 Å². The van der Waals surface area contributed by atoms with Gasteiger partial charge in [0.15, 0.2) is 12.1 Å². The summed E-state index contributed by atoms with van der Waals surface area (Å²) < 4.78 is 18.5. The third kappa shape index (κ3) is 4.07. The summed E-state index contributed by atoms with van der Waals surface area (Å²) in [7, 11) is 0. The highest BCUT2D eigenvalue weighted by molar-refractivity contribution is 6.13. The van der Waals surface area contributed by atoms with E-state index in [4.69, 9.17) is 14.6 Å². The molecule has 6 nitrogen and oxygen atoms in total. The van der Waals surface area contributed by atoms with Crippen molar-refractivity contribution in [2.24, 2.45) is 0 Å². The fourth-order valence-electron chi connectivity index (χ4n) is 2.89. The van der Waals surface area contributed by atoms with Crippen LogP contribution in [0.2, 0.25) is 0 Å². The fourth-order valence-corrected chi connectivity index (χ4v) is 2.89. The maximum absolute atomic E-state index is 13.0. The molecule has 2 aromatic rings. The minimum absolute atomic E-state index is 0.0627. The molecule has 2 heterocycles. The molecule has 0 unspecified atom stereocenters. The second-order valence-corrected chi connectivity index (χ2v) is 6.05. The summed E-state index contributed by atoms with van der Waals surface area (Å²) >= 11 is 0. The molecule has 0 saturated heterocycles. The molecule has 3 N–H and O–H groups in total. The summed E-state index contributed by atoms with van der Waals surface area (Å²) in [5.74, 6) is -0.641. The van der Waals surface area contributed by atoms with Crippen molar-refractivity contribution in [3.8, 4) is 0 Å². The third-order valence-electron chi connectivity index (χ3n) is 4.14. The van der Waals surface area contributed by atoms with E-state index >= 15 is 0 Å². The number of rotatable bonds is 6. The number of furan rings is 1. The molecule has 1 aliphatic heterocycles. The van der Waals surface area contributed by atoms with Crippen molar-refractivity contribution in [2.75, 3.05) is 6.54 Å². The highest BCUT2D eigenvalue weighted by atomic mass is 19.1. The van der Waals surface area contributed by atoms with E-state index < -0.39 is 18.0 Å². The first-order chi connectivity index (χ1) is 12.4. The number of benzene rings is 1. The number of hydrogen-bond acceptors (Lipinski definition) is 5. The van der Waals surface area contributed by atoms with Crippen LogP contribution in [0.5, 0.6) is 0 Å². The van der Waals surface area contributed by atoms with Gasteiger partial charge in [-0.15, -0.1) is 0 Å². The van der Waals surface area contributed by atoms with Gasteiger partial charge in [-0.2, -0.15) is 0 Å². The summed E-state index contributed by atoms with van der Waals surface area (Å²) in [4.78, 5) is 24.6. The minimum atomic E-state index is -1.72. The predicted molar refractivity (Wildman–Crippen MR) is 89.7 cm³/mol. The normalized spacial score (nSPS) is 14.7. The van der Waals surface area contributed by atoms with Gasteiger partial charge in [-0.1, -0.05) is 12.1 Å². The lowest BCUT2D eigenvalue weighted by atomic mass is 9.93. The van der Waals surface area contributed by atoms with Crippen LogP contribution in [-0.2, 0) is 11.2 Å². The topological polar surface area (TPSA) is 99.8 Å². The molecule has 1 amide bonds. The molecule has 0 aliphatic carbocycles. The van der Waals surface area contributed by atoms with Crippen LogP contribution in [0.3, 0.4) is 0 Å². The molecular weight excluding hydrogens is 341 g/mol. The molecular formula is C19H18FNO5. The quantitative estimate of drug-likeness (QED) is 0.539. The Hall–Kier alpha value is -2.77. The lowest BCUT2D eigenvalue weighted by Gasteiger charge is -2.19. The van der Waals surface area contributed by atoms with Crippen molar-refractivity contribution in [3.63, 3.8) is 0 Å². The van der Waals surface area contributed by atoms with Gasteiger partial charge in [0.1, 0.15) is 11.6 Å². The number of nitrogens with one attached hydrogen (secondary N) is 1. The molecule has 0 spiro atoms. The number of aliphatic hydroxyl groups excluding tert-OH is 1. The summed E-state index contributed by atoms with van der Waals surface area (Å²) in [5, 5.41) is 20.9. The zero-order valence-corrected chi connectivity index (χ0v) is 13.9. The van der Waals surface area contributed by atoms with E-state index in [1.807, 2.05) is 0 Å². The molecule has 0 atom stereocenters. The van der Waals surface area contributed by atoms with Gasteiger partial charge < -0.3 is 19.9 Å². The Kier molecular flexibility index (Phi) is 5.29. The number of carbonyl (C=O) groups excluding carboxylic acids is 2. The number of amides is 1. The van der Waals surface area contributed by atoms with E-state index in [0.29, 0.717) is 25.1 Å². The summed E-state index contributed by atoms with van der Waals surface area (Å²) in [6.07, 6.45) is -1.35. The summed E-state index contributed by atoms with van der Waals surface area (Å²) in [6, 6.07) is 9.14. The van der Waals surface area contributed by atoms with Gasteiger partial charge in [0, 0.05) is 30.5 Å². The monoisotopic (exact) mass is 359 g/mol. The molecule has 1 aromatic carbocycles. The van der Waals surface area contributed by atoms with Crippen molar-refractivity contribution >= 4 is 11.7 Å². The Morgan fingerprint density at radius 3 is 2.62 bits per heavy atom. The molecule has 0 bridgehead atoms. The fraction of sp³-hybridized carbons (Fsp3) is 0.263. The third-order valence-corrected chi connectivity index (χ3v) is 4.14. The van der Waals surface area contributed by atoms with Crippen LogP contribution in [-0.4, -0.2) is 34.7 Å². The van der Waals surface area contributed by atoms with Gasteiger partial charge in [0.05, 0.1) is 0 Å². The SMILES string of the molecule is O=C1NCCC(C(=O)c2ccc(Cc3ccc(F)cc3)o2)=C1CC(O)O. The number of hydrogen-bond donors (Lipinski definition) is 3. The van der Waals surface area contributed by atoms with E-state index in [-0.39, 0.29) is 29.1 Å². The number of ketones is 1. The first-order valence-corrected chi connectivity index (χ1v) is 8.18.